The molecule has 1 heterocycles. The molecule has 0 aromatic carbocycles. The molecule has 0 amide bonds. The highest BCUT2D eigenvalue weighted by Crippen LogP contribution is 2.09. The van der Waals surface area contributed by atoms with Gasteiger partial charge in [0.05, 0.1) is 1.37 Å². The van der Waals surface area contributed by atoms with E-state index in [0.717, 1.165) is 4.88 Å². The first-order chi connectivity index (χ1) is 5.20. The van der Waals surface area contributed by atoms with E-state index in [0.29, 0.717) is 6.05 Å². The number of thiophene rings is 1. The first-order valence-electron chi connectivity index (χ1n) is 3.43. The molecule has 0 saturated carbocycles. The van der Waals surface area contributed by atoms with Gasteiger partial charge in [0.2, 0.25) is 0 Å². The van der Waals surface area contributed by atoms with Crippen molar-refractivity contribution in [2.75, 3.05) is 0 Å². The number of carbonyl (C=O) groups excluding carboxylic acids is 1. The maximum Gasteiger partial charge on any atom is 0.152 e. The molecule has 1 aromatic heterocycles. The molecule has 52 valence electrons. The Morgan fingerprint density at radius 3 is 3.20 bits per heavy atom. The number of rotatable bonds is 2. The Hall–Kier alpha value is -0.890. The van der Waals surface area contributed by atoms with E-state index in [2.05, 4.69) is 0 Å². The molecule has 0 bridgehead atoms. The zero-order valence-corrected chi connectivity index (χ0v) is 6.44. The molecule has 0 radical (unpaired) electrons. The van der Waals surface area contributed by atoms with Crippen LogP contribution in [0.1, 0.15) is 13.2 Å². The fourth-order valence-electron chi connectivity index (χ4n) is 0.533. The number of ketones is 1. The lowest BCUT2D eigenvalue weighted by Crippen LogP contribution is -1.77. The number of hydrogen-bond acceptors (Lipinski definition) is 2. The van der Waals surface area contributed by atoms with E-state index in [4.69, 9.17) is 1.37 Å². The van der Waals surface area contributed by atoms with Crippen LogP contribution in [-0.2, 0) is 4.79 Å². The van der Waals surface area contributed by atoms with Crippen LogP contribution in [0.4, 0.5) is 0 Å². The maximum absolute atomic E-state index is 10.6. The van der Waals surface area contributed by atoms with Gasteiger partial charge in [-0.15, -0.1) is 11.3 Å². The molecular formula is C8H8OS. The van der Waals surface area contributed by atoms with Crippen molar-refractivity contribution in [3.63, 3.8) is 0 Å². The largest absolute Gasteiger partial charge is 0.295 e. The van der Waals surface area contributed by atoms with Gasteiger partial charge in [-0.05, 0) is 30.5 Å². The van der Waals surface area contributed by atoms with Crippen LogP contribution in [0.2, 0.25) is 0 Å². The molecule has 2 heteroatoms. The molecule has 0 fully saturated rings. The third kappa shape index (κ3) is 2.15. The third-order valence-electron chi connectivity index (χ3n) is 0.939. The van der Waals surface area contributed by atoms with Gasteiger partial charge in [-0.25, -0.2) is 0 Å². The summed E-state index contributed by atoms with van der Waals surface area (Å²) in [5.41, 5.74) is 0. The van der Waals surface area contributed by atoms with Gasteiger partial charge < -0.3 is 0 Å². The zero-order valence-electron chi connectivity index (χ0n) is 6.63. The predicted molar refractivity (Wildman–Crippen MR) is 44.0 cm³/mol. The summed E-state index contributed by atoms with van der Waals surface area (Å²) in [6, 6.07) is 3.99. The Balaban J connectivity index is 2.86. The van der Waals surface area contributed by atoms with Crippen molar-refractivity contribution in [2.45, 2.75) is 6.92 Å². The van der Waals surface area contributed by atoms with Crippen molar-refractivity contribution in [1.82, 2.24) is 0 Å². The Kier molecular flexibility index (Phi) is 1.95. The topological polar surface area (TPSA) is 17.1 Å². The number of allylic oxidation sites excluding steroid dienone is 1. The van der Waals surface area contributed by atoms with Gasteiger partial charge in [0.15, 0.2) is 5.78 Å². The van der Waals surface area contributed by atoms with Crippen molar-refractivity contribution in [1.29, 1.82) is 0 Å². The summed E-state index contributed by atoms with van der Waals surface area (Å²) in [6.45, 7) is 1.45. The van der Waals surface area contributed by atoms with Gasteiger partial charge in [0, 0.05) is 4.88 Å². The number of hydrogen-bond donors (Lipinski definition) is 0. The quantitative estimate of drug-likeness (QED) is 0.596. The monoisotopic (exact) mass is 153 g/mol. The van der Waals surface area contributed by atoms with Crippen LogP contribution in [-0.4, -0.2) is 5.78 Å². The average molecular weight is 153 g/mol. The Morgan fingerprint density at radius 2 is 2.70 bits per heavy atom. The lowest BCUT2D eigenvalue weighted by molar-refractivity contribution is -0.112. The van der Waals surface area contributed by atoms with Crippen LogP contribution in [0, 0.1) is 0 Å². The van der Waals surface area contributed by atoms with Crippen LogP contribution >= 0.6 is 11.3 Å². The van der Waals surface area contributed by atoms with Crippen molar-refractivity contribution >= 4 is 23.2 Å². The maximum atomic E-state index is 10.6. The first kappa shape index (κ1) is 5.86. The third-order valence-corrected chi connectivity index (χ3v) is 1.74. The average Bonchev–Trinajstić information content (AvgIpc) is 2.35. The Bertz CT molecular complexity index is 274. The van der Waals surface area contributed by atoms with Gasteiger partial charge in [-0.2, -0.15) is 0 Å². The fraction of sp³-hybridized carbons (Fsp3) is 0.125. The van der Waals surface area contributed by atoms with E-state index in [-0.39, 0.29) is 5.78 Å². The molecule has 0 atom stereocenters. The highest BCUT2D eigenvalue weighted by molar-refractivity contribution is 7.10. The number of carbonyl (C=O) groups is 1. The minimum absolute atomic E-state index is 0.0802. The Morgan fingerprint density at radius 1 is 1.90 bits per heavy atom. The molecule has 0 spiro atoms. The van der Waals surface area contributed by atoms with E-state index in [1.807, 2.05) is 17.5 Å². The van der Waals surface area contributed by atoms with Crippen LogP contribution in [0.15, 0.2) is 23.6 Å². The van der Waals surface area contributed by atoms with Crippen LogP contribution in [0.25, 0.3) is 6.05 Å². The van der Waals surface area contributed by atoms with Gasteiger partial charge in [-0.3, -0.25) is 4.79 Å². The van der Waals surface area contributed by atoms with E-state index < -0.39 is 0 Å². The van der Waals surface area contributed by atoms with Gasteiger partial charge >= 0.3 is 0 Å². The molecule has 1 nitrogen and oxygen atoms in total. The van der Waals surface area contributed by atoms with E-state index >= 15 is 0 Å². The normalized spacial score (nSPS) is 12.9. The lowest BCUT2D eigenvalue weighted by atomic mass is 10.3. The van der Waals surface area contributed by atoms with Crippen LogP contribution in [0.3, 0.4) is 0 Å². The Labute approximate surface area is 65.4 Å². The summed E-state index contributed by atoms with van der Waals surface area (Å²) in [5.74, 6) is -0.0802. The second kappa shape index (κ2) is 3.32. The van der Waals surface area contributed by atoms with Crippen LogP contribution in [0.5, 0.6) is 0 Å². The van der Waals surface area contributed by atoms with Gasteiger partial charge in [0.25, 0.3) is 0 Å². The SMILES string of the molecule is [2H]/C(=C\C(C)=O)c1cccs1. The van der Waals surface area contributed by atoms with Crippen molar-refractivity contribution in [3.05, 3.63) is 28.5 Å². The highest BCUT2D eigenvalue weighted by atomic mass is 32.1. The molecule has 1 aromatic rings. The van der Waals surface area contributed by atoms with E-state index in [1.54, 1.807) is 0 Å². The van der Waals surface area contributed by atoms with Crippen LogP contribution < -0.4 is 0 Å². The van der Waals surface area contributed by atoms with E-state index in [1.165, 1.54) is 24.3 Å². The van der Waals surface area contributed by atoms with Crippen molar-refractivity contribution in [3.8, 4) is 0 Å². The molecule has 0 aliphatic carbocycles. The lowest BCUT2D eigenvalue weighted by Gasteiger charge is -1.79. The molecule has 0 saturated heterocycles. The van der Waals surface area contributed by atoms with Gasteiger partial charge in [-0.1, -0.05) is 6.07 Å². The predicted octanol–water partition coefficient (Wildman–Crippen LogP) is 2.35. The molecule has 10 heavy (non-hydrogen) atoms. The summed E-state index contributed by atoms with van der Waals surface area (Å²) in [7, 11) is 0. The molecule has 0 aliphatic heterocycles. The molecule has 0 unspecified atom stereocenters. The fourth-order valence-corrected chi connectivity index (χ4v) is 1.12. The summed E-state index contributed by atoms with van der Waals surface area (Å²) in [4.78, 5) is 11.4. The second-order valence-corrected chi connectivity index (χ2v) is 2.82. The second-order valence-electron chi connectivity index (χ2n) is 1.88. The summed E-state index contributed by atoms with van der Waals surface area (Å²) in [5, 5.41) is 1.89. The first-order valence-corrected chi connectivity index (χ1v) is 3.81. The highest BCUT2D eigenvalue weighted by Gasteiger charge is 1.85. The minimum atomic E-state index is -0.0802. The summed E-state index contributed by atoms with van der Waals surface area (Å²) in [6.07, 6.45) is 1.33. The summed E-state index contributed by atoms with van der Waals surface area (Å²) >= 11 is 1.46. The van der Waals surface area contributed by atoms with Crippen molar-refractivity contribution < 1.29 is 6.17 Å². The summed E-state index contributed by atoms with van der Waals surface area (Å²) < 4.78 is 7.41. The molecule has 1 rings (SSSR count). The van der Waals surface area contributed by atoms with E-state index in [9.17, 15) is 4.79 Å². The van der Waals surface area contributed by atoms with Gasteiger partial charge in [0.1, 0.15) is 0 Å². The molecular weight excluding hydrogens is 144 g/mol. The molecule has 0 N–H and O–H groups in total. The molecule has 0 aliphatic rings. The van der Waals surface area contributed by atoms with Crippen molar-refractivity contribution in [2.24, 2.45) is 0 Å². The minimum Gasteiger partial charge on any atom is -0.295 e. The smallest absolute Gasteiger partial charge is 0.152 e. The standard InChI is InChI=1S/C8H8OS/c1-7(9)4-5-8-3-2-6-10-8/h2-6H,1H3/b5-4+/i5D. The zero-order chi connectivity index (χ0) is 8.27.